The van der Waals surface area contributed by atoms with Crippen molar-refractivity contribution < 1.29 is 64.1 Å². The molecule has 0 aliphatic rings. The molecule has 14 nitrogen and oxygen atoms in total. The van der Waals surface area contributed by atoms with Crippen LogP contribution in [0.4, 0.5) is 0 Å². The van der Waals surface area contributed by atoms with Gasteiger partial charge in [0.25, 0.3) is 0 Å². The fourth-order valence-corrected chi connectivity index (χ4v) is 14.2. The Morgan fingerprint density at radius 1 is 0.267 bits per heavy atom. The van der Waals surface area contributed by atoms with Gasteiger partial charge in [0, 0.05) is 0 Å². The fraction of sp³-hybridized carbons (Fsp3) is 0.727. The molecule has 0 aliphatic heterocycles. The first-order chi connectivity index (χ1) is 50.6. The molecule has 0 saturated heterocycles. The zero-order valence-corrected chi connectivity index (χ0v) is 70.6. The molecule has 0 aromatic heterocycles. The van der Waals surface area contributed by atoms with Gasteiger partial charge >= 0.3 is 61.6 Å². The summed E-state index contributed by atoms with van der Waals surface area (Å²) in [5.74, 6) is -3.62. The van der Waals surface area contributed by atoms with Crippen molar-refractivity contribution in [3.63, 3.8) is 0 Å². The van der Waals surface area contributed by atoms with E-state index in [4.69, 9.17) is 18.9 Å². The number of unbranched alkanes of at least 4 members (excludes halogenated alkanes) is 48. The van der Waals surface area contributed by atoms with Gasteiger partial charge in [0.2, 0.25) is 0 Å². The van der Waals surface area contributed by atoms with E-state index in [2.05, 4.69) is 76.3 Å². The van der Waals surface area contributed by atoms with Crippen LogP contribution in [0.1, 0.15) is 429 Å². The second-order valence-electron chi connectivity index (χ2n) is 28.5. The molecule has 0 fully saturated rings. The van der Waals surface area contributed by atoms with Crippen molar-refractivity contribution in [3.8, 4) is 0 Å². The summed E-state index contributed by atoms with van der Waals surface area (Å²) in [6.45, 7) is 9.18. The molecular formula is C88H146CaO14S2. The molecule has 0 N–H and O–H groups in total. The molecule has 2 aromatic rings. The molecule has 0 heterocycles. The zero-order valence-electron chi connectivity index (χ0n) is 66.7. The molecule has 0 unspecified atom stereocenters. The Hall–Kier alpha value is -3.64. The number of benzene rings is 2. The average Bonchev–Trinajstić information content (AvgIpc) is 0.799. The van der Waals surface area contributed by atoms with Crippen molar-refractivity contribution in [3.05, 3.63) is 107 Å². The summed E-state index contributed by atoms with van der Waals surface area (Å²) in [5, 5.41) is 0. The van der Waals surface area contributed by atoms with Gasteiger partial charge in [0.15, 0.2) is 0 Å². The van der Waals surface area contributed by atoms with Gasteiger partial charge in [-0.3, -0.25) is 0 Å². The summed E-state index contributed by atoms with van der Waals surface area (Å²) < 4.78 is 93.3. The molecule has 0 amide bonds. The Balaban J connectivity index is 0.00000204. The van der Waals surface area contributed by atoms with E-state index >= 15 is 0 Å². The Kier molecular flexibility index (Phi) is 70.6. The van der Waals surface area contributed by atoms with Crippen LogP contribution in [0.25, 0.3) is 0 Å². The average molecular weight is 1530 g/mol. The van der Waals surface area contributed by atoms with Crippen LogP contribution >= 0.6 is 0 Å². The van der Waals surface area contributed by atoms with E-state index in [1.54, 1.807) is 0 Å². The number of carbonyl (C=O) groups is 4. The normalized spacial score (nSPS) is 11.8. The molecule has 0 saturated carbocycles. The van der Waals surface area contributed by atoms with Crippen LogP contribution < -0.4 is 0 Å². The molecule has 105 heavy (non-hydrogen) atoms. The Labute approximate surface area is 671 Å². The van der Waals surface area contributed by atoms with Crippen LogP contribution in [0.5, 0.6) is 0 Å². The summed E-state index contributed by atoms with van der Waals surface area (Å²) in [4.78, 5) is 50.3. The second-order valence-corrected chi connectivity index (χ2v) is 31.1. The molecule has 0 radical (unpaired) electrons. The van der Waals surface area contributed by atoms with E-state index in [9.17, 15) is 45.1 Å². The van der Waals surface area contributed by atoms with Crippen molar-refractivity contribution in [1.29, 1.82) is 0 Å². The van der Waals surface area contributed by atoms with Crippen LogP contribution in [0.3, 0.4) is 0 Å². The molecule has 0 aliphatic carbocycles. The molecule has 17 heteroatoms. The minimum atomic E-state index is -5.01. The second kappa shape index (κ2) is 73.2. The summed E-state index contributed by atoms with van der Waals surface area (Å²) in [6.07, 6.45) is 83.6. The first-order valence-electron chi connectivity index (χ1n) is 42.1. The summed E-state index contributed by atoms with van der Waals surface area (Å²) in [6, 6.07) is 7.25. The first kappa shape index (κ1) is 101. The topological polar surface area (TPSA) is 220 Å². The predicted molar refractivity (Wildman–Crippen MR) is 434 cm³/mol. The Morgan fingerprint density at radius 2 is 0.438 bits per heavy atom. The molecule has 2 rings (SSSR count). The van der Waals surface area contributed by atoms with Crippen LogP contribution in [0, 0.1) is 0 Å². The number of hydrogen-bond acceptors (Lipinski definition) is 14. The minimum absolute atomic E-state index is 0. The van der Waals surface area contributed by atoms with E-state index in [-0.39, 0.29) is 75.3 Å². The van der Waals surface area contributed by atoms with Gasteiger partial charge in [-0.1, -0.05) is 345 Å². The molecule has 0 spiro atoms. The van der Waals surface area contributed by atoms with Gasteiger partial charge in [0.05, 0.1) is 58.5 Å². The monoisotopic (exact) mass is 1530 g/mol. The van der Waals surface area contributed by atoms with Crippen LogP contribution in [0.2, 0.25) is 0 Å². The number of allylic oxidation sites excluding steroid dienone is 8. The van der Waals surface area contributed by atoms with Gasteiger partial charge in [0.1, 0.15) is 20.2 Å². The van der Waals surface area contributed by atoms with E-state index in [1.807, 2.05) is 0 Å². The fourth-order valence-electron chi connectivity index (χ4n) is 12.9. The number of carbonyl (C=O) groups excluding carboxylic acids is 4. The summed E-state index contributed by atoms with van der Waals surface area (Å²) in [7, 11) is -10.0. The molecular weight excluding hydrogens is 1390 g/mol. The van der Waals surface area contributed by atoms with Gasteiger partial charge in [-0.15, -0.1) is 0 Å². The first-order valence-corrected chi connectivity index (χ1v) is 44.9. The van der Waals surface area contributed by atoms with E-state index < -0.39 is 65.0 Å². The standard InChI is InChI=1S/2C44H74O7S.Ca/c2*1-3-5-7-9-11-13-15-17-19-21-23-25-27-29-31-33-38-50-43(45)40-36-35-37-41(52(47,48)49)42(40)44(46)51-39-34-32-30-28-26-24-22-20-18-16-14-12-10-8-6-4-2;/h2*5-8,35-37H,3-4,9-34,38-39H2,1-2H3,(H,47,48,49);/q;;+2/p-2/b2*7-5+,8-6+;. The maximum Gasteiger partial charge on any atom is 2.00 e. The van der Waals surface area contributed by atoms with Gasteiger partial charge in [-0.25, -0.2) is 36.0 Å². The largest absolute Gasteiger partial charge is 2.00 e. The molecule has 0 bridgehead atoms. The zero-order chi connectivity index (χ0) is 75.9. The van der Waals surface area contributed by atoms with Crippen molar-refractivity contribution in [2.45, 2.75) is 397 Å². The SMILES string of the molecule is CC/C=C/CCCCCCCCCCCCCCOC(=O)c1cccc(S(=O)(=O)[O-])c1C(=O)OCCCCCCCCCCCCCC/C=C/CC.CC/C=C/CCCCCCCCCCCCCCOC(=O)c1cccc(S(=O)(=O)[O-])c1C(=O)OCCCCCCCCCCCCCC/C=C/CC.[Ca+2]. The molecule has 596 valence electrons. The number of rotatable bonds is 70. The third kappa shape index (κ3) is 58.9. The Bertz CT molecular complexity index is 2610. The molecule has 2 aromatic carbocycles. The van der Waals surface area contributed by atoms with Crippen LogP contribution in [-0.2, 0) is 39.2 Å². The van der Waals surface area contributed by atoms with Gasteiger partial charge < -0.3 is 28.1 Å². The van der Waals surface area contributed by atoms with Crippen LogP contribution in [0.15, 0.2) is 94.8 Å². The number of hydrogen-bond donors (Lipinski definition) is 0. The maximum atomic E-state index is 13.0. The van der Waals surface area contributed by atoms with E-state index in [1.165, 1.54) is 255 Å². The van der Waals surface area contributed by atoms with Gasteiger partial charge in [-0.2, -0.15) is 0 Å². The summed E-state index contributed by atoms with van der Waals surface area (Å²) >= 11 is 0. The molecule has 0 atom stereocenters. The third-order valence-corrected chi connectivity index (χ3v) is 20.8. The predicted octanol–water partition coefficient (Wildman–Crippen LogP) is 25.6. The van der Waals surface area contributed by atoms with E-state index in [0.717, 1.165) is 115 Å². The quantitative estimate of drug-likeness (QED) is 0.0150. The summed E-state index contributed by atoms with van der Waals surface area (Å²) in [5.41, 5.74) is -1.56. The number of ether oxygens (including phenoxy) is 4. The van der Waals surface area contributed by atoms with Crippen molar-refractivity contribution in [1.82, 2.24) is 0 Å². The van der Waals surface area contributed by atoms with Crippen molar-refractivity contribution >= 4 is 81.9 Å². The smallest absolute Gasteiger partial charge is 0.744 e. The van der Waals surface area contributed by atoms with Crippen molar-refractivity contribution in [2.75, 3.05) is 26.4 Å². The third-order valence-electron chi connectivity index (χ3n) is 19.0. The van der Waals surface area contributed by atoms with Crippen molar-refractivity contribution in [2.24, 2.45) is 0 Å². The number of esters is 4. The van der Waals surface area contributed by atoms with E-state index in [0.29, 0.717) is 25.7 Å². The Morgan fingerprint density at radius 3 is 0.619 bits per heavy atom. The minimum Gasteiger partial charge on any atom is -0.744 e. The van der Waals surface area contributed by atoms with Gasteiger partial charge in [-0.05, 0) is 127 Å². The maximum absolute atomic E-state index is 13.0. The van der Waals surface area contributed by atoms with Crippen LogP contribution in [-0.4, -0.2) is 114 Å².